The van der Waals surface area contributed by atoms with Crippen LogP contribution < -0.4 is 15.5 Å². The number of carbonyl (C=O) groups is 1. The summed E-state index contributed by atoms with van der Waals surface area (Å²) in [6, 6.07) is 14.5. The van der Waals surface area contributed by atoms with E-state index in [-0.39, 0.29) is 17.6 Å². The highest BCUT2D eigenvalue weighted by atomic mass is 16.6. The molecule has 0 spiro atoms. The van der Waals surface area contributed by atoms with Gasteiger partial charge in [-0.25, -0.2) is 4.98 Å². The van der Waals surface area contributed by atoms with Crippen molar-refractivity contribution in [3.8, 4) is 0 Å². The summed E-state index contributed by atoms with van der Waals surface area (Å²) in [4.78, 5) is 30.0. The average molecular weight is 405 g/mol. The van der Waals surface area contributed by atoms with E-state index in [0.717, 1.165) is 35.1 Å². The van der Waals surface area contributed by atoms with Crippen LogP contribution in [0.4, 0.5) is 17.2 Å². The fourth-order valence-corrected chi connectivity index (χ4v) is 3.27. The van der Waals surface area contributed by atoms with Crippen molar-refractivity contribution in [1.29, 1.82) is 0 Å². The van der Waals surface area contributed by atoms with Gasteiger partial charge in [0.15, 0.2) is 0 Å². The molecule has 0 saturated heterocycles. The molecule has 1 amide bonds. The van der Waals surface area contributed by atoms with Crippen LogP contribution in [0.3, 0.4) is 0 Å². The normalized spacial score (nSPS) is 13.1. The number of benzene rings is 2. The summed E-state index contributed by atoms with van der Waals surface area (Å²) >= 11 is 0. The number of para-hydroxylation sites is 1. The summed E-state index contributed by atoms with van der Waals surface area (Å²) in [6.45, 7) is 0.387. The second kappa shape index (κ2) is 7.98. The predicted octanol–water partition coefficient (Wildman–Crippen LogP) is 3.71. The number of hydrogen-bond donors (Lipinski definition) is 2. The zero-order chi connectivity index (χ0) is 21.3. The summed E-state index contributed by atoms with van der Waals surface area (Å²) in [5.41, 5.74) is 2.39. The number of amides is 1. The SMILES string of the molecule is CN(C)c1cc(CNc2ccc(C(=O)NC3CC3)cc2[N+](=O)[O-])c2ccccc2n1. The molecule has 1 aliphatic carbocycles. The Balaban J connectivity index is 1.61. The summed E-state index contributed by atoms with van der Waals surface area (Å²) in [5, 5.41) is 18.6. The van der Waals surface area contributed by atoms with Crippen LogP contribution in [0, 0.1) is 10.1 Å². The zero-order valence-corrected chi connectivity index (χ0v) is 16.9. The van der Waals surface area contributed by atoms with Crippen LogP contribution in [-0.4, -0.2) is 36.0 Å². The van der Waals surface area contributed by atoms with E-state index in [4.69, 9.17) is 0 Å². The lowest BCUT2D eigenvalue weighted by molar-refractivity contribution is -0.384. The van der Waals surface area contributed by atoms with E-state index in [0.29, 0.717) is 17.8 Å². The van der Waals surface area contributed by atoms with Gasteiger partial charge in [-0.3, -0.25) is 14.9 Å². The van der Waals surface area contributed by atoms with E-state index in [2.05, 4.69) is 15.6 Å². The molecule has 3 aromatic rings. The van der Waals surface area contributed by atoms with E-state index in [1.54, 1.807) is 12.1 Å². The Morgan fingerprint density at radius 1 is 1.20 bits per heavy atom. The van der Waals surface area contributed by atoms with Crippen LogP contribution in [0.1, 0.15) is 28.8 Å². The predicted molar refractivity (Wildman–Crippen MR) is 117 cm³/mol. The third-order valence-electron chi connectivity index (χ3n) is 5.09. The van der Waals surface area contributed by atoms with E-state index >= 15 is 0 Å². The topological polar surface area (TPSA) is 100 Å². The van der Waals surface area contributed by atoms with Gasteiger partial charge in [0.2, 0.25) is 0 Å². The minimum Gasteiger partial charge on any atom is -0.375 e. The standard InChI is InChI=1S/C22H23N5O3/c1-26(2)21-12-15(17-5-3-4-6-18(17)25-21)13-23-19-10-7-14(11-20(19)27(29)30)22(28)24-16-8-9-16/h3-7,10-12,16,23H,8-9,13H2,1-2H3,(H,24,28). The molecule has 1 aromatic heterocycles. The second-order valence-corrected chi connectivity index (χ2v) is 7.64. The molecule has 8 heteroatoms. The van der Waals surface area contributed by atoms with E-state index in [1.807, 2.05) is 49.3 Å². The lowest BCUT2D eigenvalue weighted by atomic mass is 10.1. The van der Waals surface area contributed by atoms with Gasteiger partial charge in [0.1, 0.15) is 11.5 Å². The van der Waals surface area contributed by atoms with Crippen LogP contribution in [0.15, 0.2) is 48.5 Å². The van der Waals surface area contributed by atoms with E-state index < -0.39 is 4.92 Å². The molecule has 1 aliphatic rings. The molecule has 0 atom stereocenters. The number of pyridine rings is 1. The molecule has 1 heterocycles. The van der Waals surface area contributed by atoms with Crippen LogP contribution in [0.25, 0.3) is 10.9 Å². The molecule has 0 bridgehead atoms. The highest BCUT2D eigenvalue weighted by molar-refractivity contribution is 5.96. The number of nitro benzene ring substituents is 1. The van der Waals surface area contributed by atoms with E-state index in [1.165, 1.54) is 6.07 Å². The molecular formula is C22H23N5O3. The number of nitrogens with zero attached hydrogens (tertiary/aromatic N) is 3. The fraction of sp³-hybridized carbons (Fsp3) is 0.273. The van der Waals surface area contributed by atoms with Gasteiger partial charge in [-0.2, -0.15) is 0 Å². The number of rotatable bonds is 7. The van der Waals surface area contributed by atoms with Gasteiger partial charge in [-0.05, 0) is 42.7 Å². The maximum Gasteiger partial charge on any atom is 0.293 e. The largest absolute Gasteiger partial charge is 0.375 e. The summed E-state index contributed by atoms with van der Waals surface area (Å²) < 4.78 is 0. The van der Waals surface area contributed by atoms with Crippen molar-refractivity contribution in [2.45, 2.75) is 25.4 Å². The number of hydrogen-bond acceptors (Lipinski definition) is 6. The molecule has 154 valence electrons. The van der Waals surface area contributed by atoms with Crippen molar-refractivity contribution in [3.63, 3.8) is 0 Å². The number of carbonyl (C=O) groups excluding carboxylic acids is 1. The van der Waals surface area contributed by atoms with Crippen molar-refractivity contribution >= 4 is 34.0 Å². The molecule has 0 unspecified atom stereocenters. The summed E-state index contributed by atoms with van der Waals surface area (Å²) in [6.07, 6.45) is 1.92. The number of fused-ring (bicyclic) bond motifs is 1. The first-order valence-corrected chi connectivity index (χ1v) is 9.81. The fourth-order valence-electron chi connectivity index (χ4n) is 3.27. The van der Waals surface area contributed by atoms with Gasteiger partial charge >= 0.3 is 0 Å². The highest BCUT2D eigenvalue weighted by Gasteiger charge is 2.25. The Kier molecular flexibility index (Phi) is 5.22. The molecule has 2 N–H and O–H groups in total. The lowest BCUT2D eigenvalue weighted by Gasteiger charge is -2.16. The highest BCUT2D eigenvalue weighted by Crippen LogP contribution is 2.29. The number of anilines is 2. The van der Waals surface area contributed by atoms with Crippen LogP contribution in [-0.2, 0) is 6.54 Å². The average Bonchev–Trinajstić information content (AvgIpc) is 3.55. The van der Waals surface area contributed by atoms with Gasteiger partial charge in [0.05, 0.1) is 10.4 Å². The first kappa shape index (κ1) is 19.6. The Morgan fingerprint density at radius 3 is 2.67 bits per heavy atom. The number of nitrogens with one attached hydrogen (secondary N) is 2. The van der Waals surface area contributed by atoms with Crippen LogP contribution in [0.2, 0.25) is 0 Å². The first-order chi connectivity index (χ1) is 14.4. The van der Waals surface area contributed by atoms with Gasteiger partial charge in [0.25, 0.3) is 11.6 Å². The smallest absolute Gasteiger partial charge is 0.293 e. The summed E-state index contributed by atoms with van der Waals surface area (Å²) in [7, 11) is 3.84. The quantitative estimate of drug-likeness (QED) is 0.459. The Labute approximate surface area is 174 Å². The molecule has 30 heavy (non-hydrogen) atoms. The molecule has 8 nitrogen and oxygen atoms in total. The van der Waals surface area contributed by atoms with Gasteiger partial charge < -0.3 is 15.5 Å². The van der Waals surface area contributed by atoms with Gasteiger partial charge in [0, 0.05) is 43.7 Å². The zero-order valence-electron chi connectivity index (χ0n) is 16.9. The molecule has 0 radical (unpaired) electrons. The molecule has 0 aliphatic heterocycles. The van der Waals surface area contributed by atoms with Crippen molar-refractivity contribution in [1.82, 2.24) is 10.3 Å². The Hall–Kier alpha value is -3.68. The molecule has 4 rings (SSSR count). The van der Waals surface area contributed by atoms with Crippen LogP contribution >= 0.6 is 0 Å². The maximum atomic E-state index is 12.2. The minimum absolute atomic E-state index is 0.121. The van der Waals surface area contributed by atoms with Crippen molar-refractivity contribution in [2.75, 3.05) is 24.3 Å². The monoisotopic (exact) mass is 405 g/mol. The maximum absolute atomic E-state index is 12.2. The Bertz CT molecular complexity index is 1120. The third-order valence-corrected chi connectivity index (χ3v) is 5.09. The third kappa shape index (κ3) is 4.17. The Morgan fingerprint density at radius 2 is 1.97 bits per heavy atom. The lowest BCUT2D eigenvalue weighted by Crippen LogP contribution is -2.25. The van der Waals surface area contributed by atoms with E-state index in [9.17, 15) is 14.9 Å². The molecule has 2 aromatic carbocycles. The van der Waals surface area contributed by atoms with Gasteiger partial charge in [-0.15, -0.1) is 0 Å². The van der Waals surface area contributed by atoms with Gasteiger partial charge in [-0.1, -0.05) is 18.2 Å². The minimum atomic E-state index is -0.466. The molecule has 1 saturated carbocycles. The van der Waals surface area contributed by atoms with Crippen molar-refractivity contribution < 1.29 is 9.72 Å². The first-order valence-electron chi connectivity index (χ1n) is 9.81. The van der Waals surface area contributed by atoms with Crippen molar-refractivity contribution in [3.05, 3.63) is 69.8 Å². The molecule has 1 fully saturated rings. The number of aromatic nitrogens is 1. The molecular weight excluding hydrogens is 382 g/mol. The second-order valence-electron chi connectivity index (χ2n) is 7.64. The van der Waals surface area contributed by atoms with Crippen LogP contribution in [0.5, 0.6) is 0 Å². The van der Waals surface area contributed by atoms with Crippen molar-refractivity contribution in [2.24, 2.45) is 0 Å². The number of nitro groups is 1. The summed E-state index contributed by atoms with van der Waals surface area (Å²) in [5.74, 6) is 0.537.